The van der Waals surface area contributed by atoms with Crippen LogP contribution in [-0.2, 0) is 10.0 Å². The van der Waals surface area contributed by atoms with Crippen molar-refractivity contribution in [3.63, 3.8) is 0 Å². The van der Waals surface area contributed by atoms with Crippen LogP contribution in [-0.4, -0.2) is 69.3 Å². The number of halogens is 1. The Balaban J connectivity index is 0.00000400. The molecule has 1 aliphatic rings. The number of nitrogens with one attached hydrogen (secondary N) is 2. The van der Waals surface area contributed by atoms with E-state index in [2.05, 4.69) is 26.9 Å². The fourth-order valence-electron chi connectivity index (χ4n) is 1.98. The Bertz CT molecular complexity index is 417. The lowest BCUT2D eigenvalue weighted by Crippen LogP contribution is -2.48. The third kappa shape index (κ3) is 9.09. The Labute approximate surface area is 150 Å². The van der Waals surface area contributed by atoms with E-state index in [0.29, 0.717) is 18.3 Å². The normalized spacial score (nSPS) is 20.0. The van der Waals surface area contributed by atoms with Crippen LogP contribution >= 0.6 is 35.7 Å². The summed E-state index contributed by atoms with van der Waals surface area (Å²) in [6.07, 6.45) is 2.33. The van der Waals surface area contributed by atoms with Crippen molar-refractivity contribution in [2.24, 2.45) is 4.99 Å². The van der Waals surface area contributed by atoms with E-state index in [-0.39, 0.29) is 24.0 Å². The minimum Gasteiger partial charge on any atom is -0.357 e. The highest BCUT2D eigenvalue weighted by atomic mass is 127. The van der Waals surface area contributed by atoms with Crippen LogP contribution in [0.2, 0.25) is 0 Å². The Morgan fingerprint density at radius 2 is 2.14 bits per heavy atom. The number of sulfonamides is 1. The van der Waals surface area contributed by atoms with Gasteiger partial charge in [0, 0.05) is 37.2 Å². The molecule has 126 valence electrons. The molecule has 0 aliphatic carbocycles. The van der Waals surface area contributed by atoms with Gasteiger partial charge in [0.05, 0.1) is 12.8 Å². The van der Waals surface area contributed by atoms with Crippen LogP contribution in [0.5, 0.6) is 0 Å². The van der Waals surface area contributed by atoms with Crippen LogP contribution in [0, 0.1) is 0 Å². The van der Waals surface area contributed by atoms with Crippen LogP contribution < -0.4 is 10.0 Å². The van der Waals surface area contributed by atoms with Gasteiger partial charge in [-0.25, -0.2) is 13.1 Å². The Kier molecular flexibility index (Phi) is 11.0. The highest BCUT2D eigenvalue weighted by molar-refractivity contribution is 14.0. The molecule has 6 nitrogen and oxygen atoms in total. The van der Waals surface area contributed by atoms with Crippen molar-refractivity contribution in [2.45, 2.75) is 25.5 Å². The van der Waals surface area contributed by atoms with Crippen LogP contribution in [0.15, 0.2) is 4.99 Å². The van der Waals surface area contributed by atoms with Gasteiger partial charge >= 0.3 is 0 Å². The summed E-state index contributed by atoms with van der Waals surface area (Å²) in [6.45, 7) is 7.86. The van der Waals surface area contributed by atoms with Crippen molar-refractivity contribution >= 4 is 51.7 Å². The van der Waals surface area contributed by atoms with Gasteiger partial charge in [0.25, 0.3) is 0 Å². The molecule has 21 heavy (non-hydrogen) atoms. The smallest absolute Gasteiger partial charge is 0.208 e. The van der Waals surface area contributed by atoms with E-state index >= 15 is 0 Å². The van der Waals surface area contributed by atoms with Gasteiger partial charge in [-0.1, -0.05) is 6.92 Å². The second-order valence-electron chi connectivity index (χ2n) is 4.75. The zero-order valence-corrected chi connectivity index (χ0v) is 16.9. The Morgan fingerprint density at radius 3 is 2.71 bits per heavy atom. The summed E-state index contributed by atoms with van der Waals surface area (Å²) in [7, 11) is -3.13. The first-order valence-corrected chi connectivity index (χ1v) is 9.99. The first-order chi connectivity index (χ1) is 9.46. The number of hydrogen-bond donors (Lipinski definition) is 2. The third-order valence-corrected chi connectivity index (χ3v) is 5.07. The van der Waals surface area contributed by atoms with Gasteiger partial charge in [0.2, 0.25) is 10.0 Å². The van der Waals surface area contributed by atoms with Crippen LogP contribution in [0.3, 0.4) is 0 Å². The first kappa shape index (κ1) is 21.3. The van der Waals surface area contributed by atoms with Gasteiger partial charge < -0.3 is 10.2 Å². The van der Waals surface area contributed by atoms with E-state index in [4.69, 9.17) is 0 Å². The molecule has 1 aliphatic heterocycles. The molecule has 0 aromatic carbocycles. The molecule has 1 saturated heterocycles. The van der Waals surface area contributed by atoms with E-state index in [1.807, 2.05) is 18.7 Å². The lowest BCUT2D eigenvalue weighted by Gasteiger charge is -2.34. The van der Waals surface area contributed by atoms with E-state index in [1.165, 1.54) is 0 Å². The number of thioether (sulfide) groups is 1. The summed E-state index contributed by atoms with van der Waals surface area (Å²) >= 11 is 2.02. The molecule has 1 fully saturated rings. The average Bonchev–Trinajstić information content (AvgIpc) is 2.41. The summed E-state index contributed by atoms with van der Waals surface area (Å²) in [4.78, 5) is 6.78. The first-order valence-electron chi connectivity index (χ1n) is 7.05. The zero-order chi connectivity index (χ0) is 15.0. The van der Waals surface area contributed by atoms with Gasteiger partial charge in [-0.15, -0.1) is 24.0 Å². The quantitative estimate of drug-likeness (QED) is 0.273. The van der Waals surface area contributed by atoms with Crippen molar-refractivity contribution in [1.29, 1.82) is 0 Å². The molecule has 2 N–H and O–H groups in total. The summed E-state index contributed by atoms with van der Waals surface area (Å²) in [6, 6.07) is 0. The molecule has 0 saturated carbocycles. The second kappa shape index (κ2) is 10.9. The molecule has 0 bridgehead atoms. The van der Waals surface area contributed by atoms with Crippen molar-refractivity contribution in [3.8, 4) is 0 Å². The summed E-state index contributed by atoms with van der Waals surface area (Å²) in [5, 5.41) is 3.94. The van der Waals surface area contributed by atoms with Crippen molar-refractivity contribution < 1.29 is 8.42 Å². The monoisotopic (exact) mass is 450 g/mol. The average molecular weight is 450 g/mol. The molecule has 0 aromatic rings. The highest BCUT2D eigenvalue weighted by Gasteiger charge is 2.21. The Hall–Kier alpha value is 0.260. The van der Waals surface area contributed by atoms with Gasteiger partial charge in [-0.05, 0) is 13.3 Å². The predicted octanol–water partition coefficient (Wildman–Crippen LogP) is 0.947. The lowest BCUT2D eigenvalue weighted by molar-refractivity contribution is 0.408. The van der Waals surface area contributed by atoms with E-state index in [9.17, 15) is 8.42 Å². The van der Waals surface area contributed by atoms with E-state index in [0.717, 1.165) is 44.0 Å². The molecule has 0 aromatic heterocycles. The minimum absolute atomic E-state index is 0. The largest absolute Gasteiger partial charge is 0.357 e. The van der Waals surface area contributed by atoms with Gasteiger partial charge in [-0.2, -0.15) is 11.8 Å². The summed E-state index contributed by atoms with van der Waals surface area (Å²) < 4.78 is 24.5. The predicted molar refractivity (Wildman–Crippen MR) is 102 cm³/mol. The van der Waals surface area contributed by atoms with Crippen molar-refractivity contribution in [2.75, 3.05) is 44.7 Å². The maximum absolute atomic E-state index is 11.0. The number of aliphatic imine (C=N–C) groups is 1. The minimum atomic E-state index is -3.13. The van der Waals surface area contributed by atoms with Gasteiger partial charge in [0.1, 0.15) is 0 Å². The number of hydrogen-bond acceptors (Lipinski definition) is 4. The maximum atomic E-state index is 11.0. The van der Waals surface area contributed by atoms with Crippen LogP contribution in [0.4, 0.5) is 0 Å². The molecule has 0 radical (unpaired) electrons. The summed E-state index contributed by atoms with van der Waals surface area (Å²) in [5.41, 5.74) is 0. The molecule has 1 unspecified atom stereocenters. The Morgan fingerprint density at radius 1 is 1.43 bits per heavy atom. The standard InChI is InChI=1S/C12H26N4O2S2.HI/c1-4-11-10-16(8-9-19-11)12(13-5-2)14-6-7-15-20(3,17)18;/h11,15H,4-10H2,1-3H3,(H,13,14);1H. The lowest BCUT2D eigenvalue weighted by atomic mass is 10.3. The molecule has 0 amide bonds. The number of guanidine groups is 1. The molecule has 1 heterocycles. The summed E-state index contributed by atoms with van der Waals surface area (Å²) in [5.74, 6) is 2.01. The maximum Gasteiger partial charge on any atom is 0.208 e. The van der Waals surface area contributed by atoms with Crippen LogP contribution in [0.1, 0.15) is 20.3 Å². The fourth-order valence-corrected chi connectivity index (χ4v) is 3.62. The van der Waals surface area contributed by atoms with E-state index in [1.54, 1.807) is 0 Å². The third-order valence-electron chi connectivity index (χ3n) is 2.97. The molecule has 9 heteroatoms. The molecular weight excluding hydrogens is 423 g/mol. The van der Waals surface area contributed by atoms with Gasteiger partial charge in [-0.3, -0.25) is 4.99 Å². The van der Waals surface area contributed by atoms with Crippen molar-refractivity contribution in [1.82, 2.24) is 14.9 Å². The van der Waals surface area contributed by atoms with Gasteiger partial charge in [0.15, 0.2) is 5.96 Å². The SMILES string of the molecule is CCNC(=NCCNS(C)(=O)=O)N1CCSC(CC)C1.I. The van der Waals surface area contributed by atoms with Crippen LogP contribution in [0.25, 0.3) is 0 Å². The molecular formula is C12H27IN4O2S2. The van der Waals surface area contributed by atoms with Crippen molar-refractivity contribution in [3.05, 3.63) is 0 Å². The second-order valence-corrected chi connectivity index (χ2v) is 7.99. The number of nitrogens with zero attached hydrogens (tertiary/aromatic N) is 2. The zero-order valence-electron chi connectivity index (χ0n) is 13.0. The number of rotatable bonds is 6. The highest BCUT2D eigenvalue weighted by Crippen LogP contribution is 2.20. The molecule has 0 spiro atoms. The topological polar surface area (TPSA) is 73.8 Å². The fraction of sp³-hybridized carbons (Fsp3) is 0.917. The molecule has 1 atom stereocenters. The molecule has 1 rings (SSSR count). The van der Waals surface area contributed by atoms with E-state index < -0.39 is 10.0 Å².